The molecule has 0 saturated carbocycles. The molecule has 0 aromatic heterocycles. The first-order valence-corrected chi connectivity index (χ1v) is 7.06. The molecule has 0 atom stereocenters. The van der Waals surface area contributed by atoms with Crippen molar-refractivity contribution in [2.45, 2.75) is 6.42 Å². The topological polar surface area (TPSA) is 38.3 Å². The summed E-state index contributed by atoms with van der Waals surface area (Å²) in [6.07, 6.45) is 0.370. The van der Waals surface area contributed by atoms with Crippen LogP contribution in [-0.4, -0.2) is 19.9 Å². The number of rotatable bonds is 5. The third-order valence-electron chi connectivity index (χ3n) is 3.07. The smallest absolute Gasteiger partial charge is 0.169 e. The third kappa shape index (κ3) is 3.39. The van der Waals surface area contributed by atoms with E-state index >= 15 is 0 Å². The molecular formula is C16H16BrNO2. The van der Waals surface area contributed by atoms with Crippen molar-refractivity contribution in [3.8, 4) is 5.75 Å². The number of hydrogen-bond acceptors (Lipinski definition) is 3. The standard InChI is InChI=1S/C16H16BrNO2/c1-18-15-8-7-13(20-2)10-14(15)16(19)9-11-3-5-12(17)6-4-11/h3-8,10,18H,9H2,1-2H3. The molecule has 2 rings (SSSR count). The number of hydrogen-bond donors (Lipinski definition) is 1. The lowest BCUT2D eigenvalue weighted by Crippen LogP contribution is -2.07. The van der Waals surface area contributed by atoms with Crippen LogP contribution in [0.3, 0.4) is 0 Å². The molecule has 0 unspecified atom stereocenters. The number of nitrogens with one attached hydrogen (secondary N) is 1. The van der Waals surface area contributed by atoms with E-state index in [-0.39, 0.29) is 5.78 Å². The average molecular weight is 334 g/mol. The van der Waals surface area contributed by atoms with Gasteiger partial charge in [-0.2, -0.15) is 0 Å². The van der Waals surface area contributed by atoms with Gasteiger partial charge in [0.25, 0.3) is 0 Å². The number of carbonyl (C=O) groups is 1. The van der Waals surface area contributed by atoms with Gasteiger partial charge in [-0.3, -0.25) is 4.79 Å². The lowest BCUT2D eigenvalue weighted by molar-refractivity contribution is 0.0993. The zero-order valence-corrected chi connectivity index (χ0v) is 13.0. The highest BCUT2D eigenvalue weighted by atomic mass is 79.9. The molecular weight excluding hydrogens is 318 g/mol. The molecule has 0 aliphatic rings. The van der Waals surface area contributed by atoms with Crippen LogP contribution in [-0.2, 0) is 6.42 Å². The molecule has 0 saturated heterocycles. The van der Waals surface area contributed by atoms with Crippen molar-refractivity contribution in [2.24, 2.45) is 0 Å². The Morgan fingerprint density at radius 1 is 1.20 bits per heavy atom. The number of Topliss-reactive ketones (excluding diaryl/α,β-unsaturated/α-hetero) is 1. The van der Waals surface area contributed by atoms with Gasteiger partial charge >= 0.3 is 0 Å². The largest absolute Gasteiger partial charge is 0.497 e. The summed E-state index contributed by atoms with van der Waals surface area (Å²) < 4.78 is 6.19. The Morgan fingerprint density at radius 3 is 2.50 bits per heavy atom. The molecule has 2 aromatic carbocycles. The van der Waals surface area contributed by atoms with Crippen molar-refractivity contribution >= 4 is 27.4 Å². The Labute approximate surface area is 127 Å². The van der Waals surface area contributed by atoms with E-state index in [2.05, 4.69) is 21.2 Å². The number of anilines is 1. The Morgan fingerprint density at radius 2 is 1.90 bits per heavy atom. The fraction of sp³-hybridized carbons (Fsp3) is 0.188. The summed E-state index contributed by atoms with van der Waals surface area (Å²) in [6.45, 7) is 0. The number of carbonyl (C=O) groups excluding carboxylic acids is 1. The zero-order chi connectivity index (χ0) is 14.5. The van der Waals surface area contributed by atoms with Crippen molar-refractivity contribution in [1.82, 2.24) is 0 Å². The molecule has 104 valence electrons. The van der Waals surface area contributed by atoms with Crippen LogP contribution in [0.5, 0.6) is 5.75 Å². The highest BCUT2D eigenvalue weighted by molar-refractivity contribution is 9.10. The number of halogens is 1. The maximum absolute atomic E-state index is 12.4. The highest BCUT2D eigenvalue weighted by Gasteiger charge is 2.13. The second-order valence-corrected chi connectivity index (χ2v) is 5.30. The van der Waals surface area contributed by atoms with Gasteiger partial charge < -0.3 is 10.1 Å². The maximum atomic E-state index is 12.4. The Hall–Kier alpha value is -1.81. The predicted molar refractivity (Wildman–Crippen MR) is 84.7 cm³/mol. The molecule has 0 spiro atoms. The van der Waals surface area contributed by atoms with Gasteiger partial charge in [0.1, 0.15) is 5.75 Å². The molecule has 2 aromatic rings. The number of ether oxygens (including phenoxy) is 1. The molecule has 0 fully saturated rings. The first-order valence-electron chi connectivity index (χ1n) is 6.27. The lowest BCUT2D eigenvalue weighted by atomic mass is 10.0. The van der Waals surface area contributed by atoms with E-state index in [9.17, 15) is 4.79 Å². The van der Waals surface area contributed by atoms with E-state index in [1.165, 1.54) is 0 Å². The van der Waals surface area contributed by atoms with Gasteiger partial charge in [-0.05, 0) is 35.9 Å². The van der Waals surface area contributed by atoms with E-state index in [1.54, 1.807) is 20.2 Å². The molecule has 0 aliphatic heterocycles. The van der Waals surface area contributed by atoms with Gasteiger partial charge in [-0.15, -0.1) is 0 Å². The van der Waals surface area contributed by atoms with Crippen molar-refractivity contribution < 1.29 is 9.53 Å². The number of methoxy groups -OCH3 is 1. The minimum Gasteiger partial charge on any atom is -0.497 e. The molecule has 0 radical (unpaired) electrons. The fourth-order valence-electron chi connectivity index (χ4n) is 1.98. The number of benzene rings is 2. The molecule has 0 heterocycles. The molecule has 1 N–H and O–H groups in total. The first-order chi connectivity index (χ1) is 9.63. The zero-order valence-electron chi connectivity index (χ0n) is 11.4. The van der Waals surface area contributed by atoms with E-state index in [4.69, 9.17) is 4.74 Å². The maximum Gasteiger partial charge on any atom is 0.169 e. The molecule has 4 heteroatoms. The summed E-state index contributed by atoms with van der Waals surface area (Å²) in [5, 5.41) is 3.04. The summed E-state index contributed by atoms with van der Waals surface area (Å²) in [4.78, 5) is 12.4. The second kappa shape index (κ2) is 6.57. The lowest BCUT2D eigenvalue weighted by Gasteiger charge is -2.10. The molecule has 0 amide bonds. The van der Waals surface area contributed by atoms with E-state index in [0.29, 0.717) is 17.7 Å². The van der Waals surface area contributed by atoms with Crippen molar-refractivity contribution in [3.05, 3.63) is 58.1 Å². The Balaban J connectivity index is 2.25. The normalized spacial score (nSPS) is 10.2. The SMILES string of the molecule is CNc1ccc(OC)cc1C(=O)Cc1ccc(Br)cc1. The van der Waals surface area contributed by atoms with Gasteiger partial charge in [0.2, 0.25) is 0 Å². The minimum atomic E-state index is 0.0653. The predicted octanol–water partition coefficient (Wildman–Crippen LogP) is 3.92. The summed E-state index contributed by atoms with van der Waals surface area (Å²) in [5.74, 6) is 0.749. The molecule has 20 heavy (non-hydrogen) atoms. The van der Waals surface area contributed by atoms with Crippen LogP contribution in [0.2, 0.25) is 0 Å². The van der Waals surface area contributed by atoms with Crippen LogP contribution in [0.25, 0.3) is 0 Å². The molecule has 0 aliphatic carbocycles. The molecule has 0 bridgehead atoms. The van der Waals surface area contributed by atoms with Crippen molar-refractivity contribution in [2.75, 3.05) is 19.5 Å². The van der Waals surface area contributed by atoms with Crippen molar-refractivity contribution in [3.63, 3.8) is 0 Å². The van der Waals surface area contributed by atoms with E-state index < -0.39 is 0 Å². The quantitative estimate of drug-likeness (QED) is 0.842. The van der Waals surface area contributed by atoms with Gasteiger partial charge in [-0.1, -0.05) is 28.1 Å². The van der Waals surface area contributed by atoms with Gasteiger partial charge in [0.15, 0.2) is 5.78 Å². The first kappa shape index (κ1) is 14.6. The van der Waals surface area contributed by atoms with Gasteiger partial charge in [0.05, 0.1) is 7.11 Å². The summed E-state index contributed by atoms with van der Waals surface area (Å²) in [5.41, 5.74) is 2.45. The van der Waals surface area contributed by atoms with E-state index in [0.717, 1.165) is 15.7 Å². The van der Waals surface area contributed by atoms with Crippen LogP contribution in [0.15, 0.2) is 46.9 Å². The highest BCUT2D eigenvalue weighted by Crippen LogP contribution is 2.23. The summed E-state index contributed by atoms with van der Waals surface area (Å²) >= 11 is 3.39. The van der Waals surface area contributed by atoms with Crippen LogP contribution < -0.4 is 10.1 Å². The Kier molecular flexibility index (Phi) is 4.79. The number of ketones is 1. The van der Waals surface area contributed by atoms with Crippen LogP contribution >= 0.6 is 15.9 Å². The average Bonchev–Trinajstić information content (AvgIpc) is 2.48. The second-order valence-electron chi connectivity index (χ2n) is 4.39. The van der Waals surface area contributed by atoms with Crippen LogP contribution in [0.1, 0.15) is 15.9 Å². The van der Waals surface area contributed by atoms with E-state index in [1.807, 2.05) is 36.4 Å². The van der Waals surface area contributed by atoms with Gasteiger partial charge in [0, 0.05) is 29.2 Å². The van der Waals surface area contributed by atoms with Crippen LogP contribution in [0.4, 0.5) is 5.69 Å². The molecule has 3 nitrogen and oxygen atoms in total. The van der Waals surface area contributed by atoms with Crippen molar-refractivity contribution in [1.29, 1.82) is 0 Å². The minimum absolute atomic E-state index is 0.0653. The summed E-state index contributed by atoms with van der Waals surface area (Å²) in [7, 11) is 3.40. The fourth-order valence-corrected chi connectivity index (χ4v) is 2.25. The Bertz CT molecular complexity index is 608. The third-order valence-corrected chi connectivity index (χ3v) is 3.60. The monoisotopic (exact) mass is 333 g/mol. The van der Waals surface area contributed by atoms with Crippen LogP contribution in [0, 0.1) is 0 Å². The summed E-state index contributed by atoms with van der Waals surface area (Å²) in [6, 6.07) is 13.2. The van der Waals surface area contributed by atoms with Gasteiger partial charge in [-0.25, -0.2) is 0 Å².